The maximum Gasteiger partial charge on any atom is 1.00 e. The van der Waals surface area contributed by atoms with Crippen LogP contribution in [0.3, 0.4) is 0 Å². The van der Waals surface area contributed by atoms with Crippen molar-refractivity contribution in [2.75, 3.05) is 36.0 Å². The number of fused-ring (bicyclic) bond motifs is 1. The Morgan fingerprint density at radius 2 is 1.61 bits per heavy atom. The van der Waals surface area contributed by atoms with E-state index in [4.69, 9.17) is 17.2 Å². The van der Waals surface area contributed by atoms with Gasteiger partial charge in [0.2, 0.25) is 11.8 Å². The van der Waals surface area contributed by atoms with E-state index in [0.29, 0.717) is 35.7 Å². The number of hydrogen-bond donors (Lipinski definition) is 5. The molecule has 0 radical (unpaired) electrons. The van der Waals surface area contributed by atoms with E-state index in [1.165, 1.54) is 5.70 Å². The van der Waals surface area contributed by atoms with Gasteiger partial charge in [0.05, 0.1) is 23.6 Å². The van der Waals surface area contributed by atoms with Gasteiger partial charge in [-0.15, -0.1) is 0 Å². The Hall–Kier alpha value is -3.18. The van der Waals surface area contributed by atoms with Crippen molar-refractivity contribution in [3.8, 4) is 5.75 Å². The smallest absolute Gasteiger partial charge is 0.507 e. The van der Waals surface area contributed by atoms with Gasteiger partial charge in [0.1, 0.15) is 17.6 Å². The van der Waals surface area contributed by atoms with Crippen LogP contribution in [0.15, 0.2) is 84.6 Å². The van der Waals surface area contributed by atoms with Gasteiger partial charge in [-0.3, -0.25) is 24.5 Å². The number of phenols is 1. The Bertz CT molecular complexity index is 1820. The van der Waals surface area contributed by atoms with E-state index in [0.717, 1.165) is 75.2 Å². The molecule has 3 aromatic rings. The van der Waals surface area contributed by atoms with Gasteiger partial charge in [-0.1, -0.05) is 30.3 Å². The molecule has 2 fully saturated rings. The third-order valence-corrected chi connectivity index (χ3v) is 10.5. The molecule has 1 unspecified atom stereocenters. The molecule has 1 aromatic heterocycles. The van der Waals surface area contributed by atoms with Crippen LogP contribution >= 0.6 is 0 Å². The van der Waals surface area contributed by atoms with Crippen LogP contribution in [0.25, 0.3) is 11.3 Å². The number of aromatic hydroxyl groups is 1. The van der Waals surface area contributed by atoms with Crippen molar-refractivity contribution in [2.45, 2.75) is 63.1 Å². The van der Waals surface area contributed by atoms with Crippen molar-refractivity contribution in [2.24, 2.45) is 17.2 Å². The zero-order valence-corrected chi connectivity index (χ0v) is 36.0. The third kappa shape index (κ3) is 8.40. The predicted molar refractivity (Wildman–Crippen MR) is 197 cm³/mol. The maximum absolute atomic E-state index is 12.7. The monoisotopic (exact) mass is 811 g/mol. The number of piperidine rings is 2. The number of amides is 2. The van der Waals surface area contributed by atoms with Crippen LogP contribution in [0.4, 0.5) is 11.4 Å². The molecule has 264 valence electrons. The topological polar surface area (TPSA) is 172 Å². The maximum atomic E-state index is 12.7. The summed E-state index contributed by atoms with van der Waals surface area (Å²) in [6.07, 6.45) is 13.9. The number of carbonyl (C=O) groups excluding carboxylic acids is 2. The summed E-state index contributed by atoms with van der Waals surface area (Å²) in [6, 6.07) is 15.7. The Kier molecular flexibility index (Phi) is 13.1. The zero-order valence-electron chi connectivity index (χ0n) is 29.7. The Morgan fingerprint density at radius 3 is 2.29 bits per heavy atom. The molecule has 0 bridgehead atoms. The summed E-state index contributed by atoms with van der Waals surface area (Å²) in [5.41, 5.74) is 24.2. The summed E-state index contributed by atoms with van der Waals surface area (Å²) in [7, 11) is 0. The molecule has 4 heterocycles. The van der Waals surface area contributed by atoms with Gasteiger partial charge in [0.15, 0.2) is 0 Å². The fraction of sp³-hybridized carbons (Fsp3) is 0.368. The largest absolute Gasteiger partial charge is 1.00 e. The van der Waals surface area contributed by atoms with Crippen LogP contribution in [-0.2, 0) is 9.59 Å². The molecule has 4 aliphatic rings. The standard InChI is InChI=1S/C37H45N9O3.CH3.Cs/c38-30(28-5-1-4-8-34(28)47)21-29(36(39)40)24-22-41-46(23-24)27-15-17-43(18-16-27)25-9-11-26(12-10-25)44-19-20-45(32-7-3-2-6-31(32)44)33-13-14-35(48)42-37(33)49;;/h1-8,11,21-23,25,27,33,47H,9-10,12-20,38-40H2,(H,42,48,49);1H3;/q;-1;+1/b30-21-;;/t25-,33?;;/m0../s1. The molecule has 2 amide bonds. The Morgan fingerprint density at radius 1 is 0.882 bits per heavy atom. The van der Waals surface area contributed by atoms with Crippen molar-refractivity contribution >= 4 is 34.5 Å². The van der Waals surface area contributed by atoms with Crippen molar-refractivity contribution in [1.82, 2.24) is 20.0 Å². The average molecular weight is 812 g/mol. The molecule has 8 N–H and O–H groups in total. The molecular formula is C38H48CsN9O3. The predicted octanol–water partition coefficient (Wildman–Crippen LogP) is 0.834. The van der Waals surface area contributed by atoms with Gasteiger partial charge < -0.3 is 39.5 Å². The molecule has 12 nitrogen and oxygen atoms in total. The van der Waals surface area contributed by atoms with Gasteiger partial charge in [-0.2, -0.15) is 5.10 Å². The molecule has 2 atom stereocenters. The number of hydrogen-bond acceptors (Lipinski definition) is 10. The van der Waals surface area contributed by atoms with Crippen LogP contribution in [0.1, 0.15) is 62.1 Å². The SMILES string of the molecule is NC(N)=C(/C=C(\N)c1ccccc1O)c1cnn(C2CCN([C@H]3CC=C(N4CCN(C5CCC(=O)NC5=O)c5ccccc54)CC3)CC2)c1.[CH3-].[Cs+]. The molecule has 7 rings (SSSR count). The third-order valence-electron chi connectivity index (χ3n) is 10.5. The summed E-state index contributed by atoms with van der Waals surface area (Å²) >= 11 is 0. The van der Waals surface area contributed by atoms with Crippen molar-refractivity contribution < 1.29 is 83.6 Å². The van der Waals surface area contributed by atoms with Crippen LogP contribution in [0, 0.1) is 7.43 Å². The van der Waals surface area contributed by atoms with Gasteiger partial charge in [-0.25, -0.2) is 0 Å². The molecule has 51 heavy (non-hydrogen) atoms. The summed E-state index contributed by atoms with van der Waals surface area (Å²) in [5.74, 6) is -0.150. The average Bonchev–Trinajstić information content (AvgIpc) is 3.60. The van der Waals surface area contributed by atoms with E-state index in [9.17, 15) is 14.7 Å². The van der Waals surface area contributed by atoms with Crippen molar-refractivity contribution in [3.63, 3.8) is 0 Å². The fourth-order valence-corrected chi connectivity index (χ4v) is 7.85. The minimum absolute atomic E-state index is 0. The summed E-state index contributed by atoms with van der Waals surface area (Å²) in [6.45, 7) is 3.56. The van der Waals surface area contributed by atoms with Gasteiger partial charge >= 0.3 is 68.9 Å². The van der Waals surface area contributed by atoms with Gasteiger partial charge in [0.25, 0.3) is 0 Å². The van der Waals surface area contributed by atoms with Gasteiger partial charge in [-0.05, 0) is 68.9 Å². The van der Waals surface area contributed by atoms with E-state index in [2.05, 4.69) is 49.4 Å². The first kappa shape index (κ1) is 39.0. The van der Waals surface area contributed by atoms with Crippen molar-refractivity contribution in [1.29, 1.82) is 0 Å². The number of rotatable bonds is 7. The van der Waals surface area contributed by atoms with Gasteiger partial charge in [0, 0.05) is 72.9 Å². The summed E-state index contributed by atoms with van der Waals surface area (Å²) in [4.78, 5) is 31.7. The van der Waals surface area contributed by atoms with E-state index < -0.39 is 0 Å². The summed E-state index contributed by atoms with van der Waals surface area (Å²) < 4.78 is 2.02. The first-order valence-electron chi connectivity index (χ1n) is 17.2. The first-order valence-corrected chi connectivity index (χ1v) is 17.2. The van der Waals surface area contributed by atoms with E-state index >= 15 is 0 Å². The number of nitrogens with two attached hydrogens (primary N) is 3. The second-order valence-electron chi connectivity index (χ2n) is 13.4. The number of aromatic nitrogens is 2. The van der Waals surface area contributed by atoms with Crippen molar-refractivity contribution in [3.05, 3.63) is 103 Å². The van der Waals surface area contributed by atoms with Crippen LogP contribution in [0.5, 0.6) is 5.75 Å². The molecular weight excluding hydrogens is 763 g/mol. The number of carbonyl (C=O) groups is 2. The molecule has 2 saturated heterocycles. The zero-order chi connectivity index (χ0) is 34.1. The summed E-state index contributed by atoms with van der Waals surface area (Å²) in [5, 5.41) is 17.4. The van der Waals surface area contributed by atoms with Crippen LogP contribution in [-0.4, -0.2) is 69.9 Å². The molecule has 2 aromatic carbocycles. The molecule has 0 saturated carbocycles. The second kappa shape index (κ2) is 17.1. The van der Waals surface area contributed by atoms with E-state index in [1.54, 1.807) is 30.5 Å². The number of imide groups is 1. The Labute approximate surface area is 359 Å². The molecule has 13 heteroatoms. The number of anilines is 2. The molecule has 0 spiro atoms. The minimum Gasteiger partial charge on any atom is -0.507 e. The number of phenolic OH excluding ortho intramolecular Hbond substituents is 1. The number of allylic oxidation sites excluding steroid dienone is 3. The molecule has 3 aliphatic heterocycles. The number of benzene rings is 2. The van der Waals surface area contributed by atoms with Crippen LogP contribution in [0.2, 0.25) is 0 Å². The number of nitrogens with zero attached hydrogens (tertiary/aromatic N) is 5. The number of nitrogens with one attached hydrogen (secondary N) is 1. The Balaban J connectivity index is 0.00000252. The normalized spacial score (nSPS) is 21.5. The number of likely N-dealkylation sites (tertiary alicyclic amines) is 1. The first-order chi connectivity index (χ1) is 23.8. The number of para-hydroxylation sites is 3. The quantitative estimate of drug-likeness (QED) is 0.131. The van der Waals surface area contributed by atoms with E-state index in [1.807, 2.05) is 23.0 Å². The molecule has 1 aliphatic carbocycles. The van der Waals surface area contributed by atoms with Crippen LogP contribution < -0.4 is 101 Å². The minimum atomic E-state index is -0.315. The fourth-order valence-electron chi connectivity index (χ4n) is 7.85. The second-order valence-corrected chi connectivity index (χ2v) is 13.4. The van der Waals surface area contributed by atoms with E-state index in [-0.39, 0.29) is 112 Å².